The average Bonchev–Trinajstić information content (AvgIpc) is 3.44. The van der Waals surface area contributed by atoms with Crippen molar-refractivity contribution in [1.29, 1.82) is 0 Å². The summed E-state index contributed by atoms with van der Waals surface area (Å²) in [5.41, 5.74) is 1.42. The Balaban J connectivity index is 1.42. The van der Waals surface area contributed by atoms with Crippen LogP contribution in [-0.2, 0) is 28.5 Å². The maximum atomic E-state index is 12.6. The molecule has 6 heteroatoms. The number of carbonyl (C=O) groups excluding carboxylic acids is 2. The van der Waals surface area contributed by atoms with Gasteiger partial charge in [-0.25, -0.2) is 4.79 Å². The van der Waals surface area contributed by atoms with Crippen LogP contribution in [0.2, 0.25) is 0 Å². The van der Waals surface area contributed by atoms with Crippen molar-refractivity contribution in [3.05, 3.63) is 11.1 Å². The first-order valence-corrected chi connectivity index (χ1v) is 10.6. The minimum Gasteiger partial charge on any atom is -0.461 e. The van der Waals surface area contributed by atoms with Gasteiger partial charge in [-0.05, 0) is 42.4 Å². The molecule has 6 rings (SSSR count). The molecule has 3 aliphatic heterocycles. The van der Waals surface area contributed by atoms with Crippen LogP contribution in [0.3, 0.4) is 0 Å². The SMILES string of the molecule is CC(=O)OCC1=C2[C@H]3OC34CC[C@@H]3C(C)(C)CCC[C@@]3(C)C4[C@H]3OC23OC1=O. The topological polar surface area (TPSA) is 77.7 Å². The Morgan fingerprint density at radius 2 is 1.96 bits per heavy atom. The van der Waals surface area contributed by atoms with E-state index in [4.69, 9.17) is 18.9 Å². The molecule has 0 aromatic heterocycles. The molecular weight excluding hydrogens is 360 g/mol. The largest absolute Gasteiger partial charge is 0.461 e. The first-order valence-electron chi connectivity index (χ1n) is 10.6. The van der Waals surface area contributed by atoms with Gasteiger partial charge in [0.1, 0.15) is 24.4 Å². The molecule has 3 saturated carbocycles. The fourth-order valence-electron chi connectivity index (χ4n) is 7.83. The standard InChI is InChI=1S/C22H28O6/c1-11(23)25-10-12-14-16-21(26-16)9-6-13-19(2,3)7-5-8-20(13,4)15(21)17-22(14,27-17)28-18(12)24/h13,15-17H,5-10H2,1-4H3/t13-,15?,16-,17-,20-,21?,22?/m1/s1. The van der Waals surface area contributed by atoms with Gasteiger partial charge in [0.05, 0.1) is 5.57 Å². The van der Waals surface area contributed by atoms with Crippen LogP contribution < -0.4 is 0 Å². The molecule has 0 aromatic carbocycles. The van der Waals surface area contributed by atoms with Crippen LogP contribution in [0.25, 0.3) is 0 Å². The van der Waals surface area contributed by atoms with Crippen LogP contribution in [0.1, 0.15) is 59.8 Å². The zero-order chi connectivity index (χ0) is 19.7. The third-order valence-electron chi connectivity index (χ3n) is 8.86. The molecule has 3 unspecified atom stereocenters. The number of esters is 2. The van der Waals surface area contributed by atoms with Gasteiger partial charge >= 0.3 is 11.9 Å². The first kappa shape index (κ1) is 17.5. The van der Waals surface area contributed by atoms with Gasteiger partial charge in [0, 0.05) is 18.4 Å². The van der Waals surface area contributed by atoms with Crippen molar-refractivity contribution in [3.8, 4) is 0 Å². The molecule has 0 N–H and O–H groups in total. The second-order valence-corrected chi connectivity index (χ2v) is 10.6. The number of epoxide rings is 2. The summed E-state index contributed by atoms with van der Waals surface area (Å²) in [6, 6.07) is 0. The molecular formula is C22H28O6. The van der Waals surface area contributed by atoms with E-state index < -0.39 is 17.7 Å². The van der Waals surface area contributed by atoms with Crippen LogP contribution in [0, 0.1) is 22.7 Å². The Kier molecular flexibility index (Phi) is 3.02. The lowest BCUT2D eigenvalue weighted by atomic mass is 9.44. The summed E-state index contributed by atoms with van der Waals surface area (Å²) in [7, 11) is 0. The lowest BCUT2D eigenvalue weighted by molar-refractivity contribution is -0.148. The van der Waals surface area contributed by atoms with Crippen LogP contribution in [0.5, 0.6) is 0 Å². The van der Waals surface area contributed by atoms with Gasteiger partial charge in [-0.2, -0.15) is 0 Å². The van der Waals surface area contributed by atoms with E-state index in [0.29, 0.717) is 16.9 Å². The molecule has 7 atom stereocenters. The summed E-state index contributed by atoms with van der Waals surface area (Å²) in [6.07, 6.45) is 5.53. The van der Waals surface area contributed by atoms with Crippen molar-refractivity contribution in [2.75, 3.05) is 6.61 Å². The molecule has 2 spiro atoms. The molecule has 152 valence electrons. The number of ether oxygens (including phenoxy) is 4. The summed E-state index contributed by atoms with van der Waals surface area (Å²) < 4.78 is 23.6. The molecule has 0 aromatic rings. The van der Waals surface area contributed by atoms with E-state index in [1.54, 1.807) is 0 Å². The Morgan fingerprint density at radius 1 is 1.18 bits per heavy atom. The van der Waals surface area contributed by atoms with Crippen LogP contribution in [-0.4, -0.2) is 42.1 Å². The molecule has 0 radical (unpaired) electrons. The van der Waals surface area contributed by atoms with Crippen LogP contribution >= 0.6 is 0 Å². The molecule has 0 amide bonds. The molecule has 6 nitrogen and oxygen atoms in total. The molecule has 3 aliphatic carbocycles. The summed E-state index contributed by atoms with van der Waals surface area (Å²) >= 11 is 0. The third kappa shape index (κ3) is 1.83. The van der Waals surface area contributed by atoms with Gasteiger partial charge < -0.3 is 18.9 Å². The molecule has 6 aliphatic rings. The predicted molar refractivity (Wildman–Crippen MR) is 96.9 cm³/mol. The highest BCUT2D eigenvalue weighted by atomic mass is 16.8. The molecule has 5 fully saturated rings. The maximum Gasteiger partial charge on any atom is 0.340 e. The highest BCUT2D eigenvalue weighted by Gasteiger charge is 2.88. The molecule has 3 heterocycles. The van der Waals surface area contributed by atoms with E-state index >= 15 is 0 Å². The van der Waals surface area contributed by atoms with E-state index in [1.165, 1.54) is 26.2 Å². The molecule has 0 bridgehead atoms. The minimum absolute atomic E-state index is 0.0607. The fraction of sp³-hybridized carbons (Fsp3) is 0.818. The minimum atomic E-state index is -0.964. The van der Waals surface area contributed by atoms with Crippen LogP contribution in [0.15, 0.2) is 11.1 Å². The summed E-state index contributed by atoms with van der Waals surface area (Å²) in [5, 5.41) is 0. The lowest BCUT2D eigenvalue weighted by Crippen LogP contribution is -2.59. The number of hydrogen-bond acceptors (Lipinski definition) is 6. The van der Waals surface area contributed by atoms with Crippen molar-refractivity contribution >= 4 is 11.9 Å². The normalized spacial score (nSPS) is 51.8. The fourth-order valence-corrected chi connectivity index (χ4v) is 7.83. The quantitative estimate of drug-likeness (QED) is 0.535. The Bertz CT molecular complexity index is 844. The zero-order valence-electron chi connectivity index (χ0n) is 17.0. The van der Waals surface area contributed by atoms with Crippen molar-refractivity contribution in [2.45, 2.75) is 83.4 Å². The lowest BCUT2D eigenvalue weighted by Gasteiger charge is -2.59. The van der Waals surface area contributed by atoms with E-state index in [2.05, 4.69) is 20.8 Å². The van der Waals surface area contributed by atoms with Gasteiger partial charge in [-0.1, -0.05) is 27.2 Å². The predicted octanol–water partition coefficient (Wildman–Crippen LogP) is 2.89. The Morgan fingerprint density at radius 3 is 2.71 bits per heavy atom. The van der Waals surface area contributed by atoms with Crippen LogP contribution in [0.4, 0.5) is 0 Å². The monoisotopic (exact) mass is 388 g/mol. The summed E-state index contributed by atoms with van der Waals surface area (Å²) in [5.74, 6) is -0.929. The van der Waals surface area contributed by atoms with E-state index in [9.17, 15) is 9.59 Å². The van der Waals surface area contributed by atoms with Crippen molar-refractivity contribution in [1.82, 2.24) is 0 Å². The van der Waals surface area contributed by atoms with Gasteiger partial charge in [-0.3, -0.25) is 4.79 Å². The van der Waals surface area contributed by atoms with Gasteiger partial charge in [0.25, 0.3) is 5.79 Å². The number of rotatable bonds is 2. The Labute approximate surface area is 164 Å². The second kappa shape index (κ2) is 4.84. The number of carbonyl (C=O) groups is 2. The smallest absolute Gasteiger partial charge is 0.340 e. The highest BCUT2D eigenvalue weighted by molar-refractivity contribution is 5.95. The third-order valence-corrected chi connectivity index (χ3v) is 8.86. The van der Waals surface area contributed by atoms with E-state index in [0.717, 1.165) is 18.4 Å². The highest BCUT2D eigenvalue weighted by Crippen LogP contribution is 2.77. The molecule has 2 saturated heterocycles. The first-order chi connectivity index (χ1) is 13.2. The van der Waals surface area contributed by atoms with Gasteiger partial charge in [0.2, 0.25) is 0 Å². The summed E-state index contributed by atoms with van der Waals surface area (Å²) in [6.45, 7) is 8.51. The average molecular weight is 388 g/mol. The second-order valence-electron chi connectivity index (χ2n) is 10.6. The number of hydrogen-bond donors (Lipinski definition) is 0. The Hall–Kier alpha value is -1.40. The van der Waals surface area contributed by atoms with Gasteiger partial charge in [-0.15, -0.1) is 0 Å². The number of fused-ring (bicyclic) bond motifs is 4. The van der Waals surface area contributed by atoms with Crippen molar-refractivity contribution in [2.24, 2.45) is 22.7 Å². The van der Waals surface area contributed by atoms with E-state index in [-0.39, 0.29) is 35.7 Å². The zero-order valence-corrected chi connectivity index (χ0v) is 17.0. The maximum absolute atomic E-state index is 12.6. The summed E-state index contributed by atoms with van der Waals surface area (Å²) in [4.78, 5) is 23.9. The van der Waals surface area contributed by atoms with Crippen molar-refractivity contribution in [3.63, 3.8) is 0 Å². The molecule has 28 heavy (non-hydrogen) atoms. The van der Waals surface area contributed by atoms with Gasteiger partial charge in [0.15, 0.2) is 0 Å². The van der Waals surface area contributed by atoms with Crippen molar-refractivity contribution < 1.29 is 28.5 Å². The van der Waals surface area contributed by atoms with E-state index in [1.807, 2.05) is 0 Å².